The van der Waals surface area contributed by atoms with Crippen LogP contribution in [0.2, 0.25) is 0 Å². The van der Waals surface area contributed by atoms with Crippen LogP contribution in [0.5, 0.6) is 11.5 Å². The van der Waals surface area contributed by atoms with Gasteiger partial charge in [0.15, 0.2) is 11.5 Å². The summed E-state index contributed by atoms with van der Waals surface area (Å²) >= 11 is 1.23. The van der Waals surface area contributed by atoms with Crippen molar-refractivity contribution in [1.29, 1.82) is 0 Å². The quantitative estimate of drug-likeness (QED) is 0.549. The number of ether oxygens (including phenoxy) is 3. The van der Waals surface area contributed by atoms with Crippen LogP contribution in [-0.2, 0) is 21.3 Å². The first-order valence-corrected chi connectivity index (χ1v) is 13.0. The van der Waals surface area contributed by atoms with Crippen molar-refractivity contribution in [2.24, 2.45) is 0 Å². The first-order valence-electron chi connectivity index (χ1n) is 10.7. The topological polar surface area (TPSA) is 65.1 Å². The minimum Gasteiger partial charge on any atom is -0.488 e. The summed E-state index contributed by atoms with van der Waals surface area (Å²) < 4.78 is 46.1. The Labute approximate surface area is 192 Å². The second-order valence-corrected chi connectivity index (χ2v) is 11.1. The summed E-state index contributed by atoms with van der Waals surface area (Å²) in [5.41, 5.74) is 4.01. The first kappa shape index (κ1) is 21.5. The van der Waals surface area contributed by atoms with Crippen LogP contribution in [0, 0.1) is 6.92 Å². The van der Waals surface area contributed by atoms with Crippen molar-refractivity contribution in [1.82, 2.24) is 4.31 Å². The lowest BCUT2D eigenvalue weighted by molar-refractivity contribution is 0.137. The average molecular weight is 472 g/mol. The second kappa shape index (κ2) is 8.86. The fraction of sp³-hybridized carbons (Fsp3) is 0.333. The van der Waals surface area contributed by atoms with E-state index in [1.807, 2.05) is 24.3 Å². The van der Waals surface area contributed by atoms with Gasteiger partial charge in [-0.3, -0.25) is 0 Å². The number of benzene rings is 2. The van der Waals surface area contributed by atoms with Crippen molar-refractivity contribution in [2.75, 3.05) is 26.4 Å². The molecule has 3 aromatic rings. The van der Waals surface area contributed by atoms with Gasteiger partial charge in [0.05, 0.1) is 13.2 Å². The van der Waals surface area contributed by atoms with Crippen LogP contribution in [0.4, 0.5) is 0 Å². The molecule has 1 unspecified atom stereocenters. The lowest BCUT2D eigenvalue weighted by Crippen LogP contribution is -2.32. The van der Waals surface area contributed by atoms with Gasteiger partial charge >= 0.3 is 0 Å². The molecule has 32 heavy (non-hydrogen) atoms. The molecule has 2 aliphatic rings. The van der Waals surface area contributed by atoms with Gasteiger partial charge in [-0.25, -0.2) is 8.42 Å². The van der Waals surface area contributed by atoms with Crippen molar-refractivity contribution < 1.29 is 22.6 Å². The van der Waals surface area contributed by atoms with Crippen LogP contribution < -0.4 is 9.47 Å². The molecule has 2 aromatic carbocycles. The molecular weight excluding hydrogens is 446 g/mol. The van der Waals surface area contributed by atoms with Gasteiger partial charge in [0, 0.05) is 25.1 Å². The molecule has 5 rings (SSSR count). The molecule has 3 heterocycles. The van der Waals surface area contributed by atoms with Crippen LogP contribution in [0.15, 0.2) is 58.1 Å². The Hall–Kier alpha value is -2.39. The summed E-state index contributed by atoms with van der Waals surface area (Å²) in [6.07, 6.45) is 0.784. The third kappa shape index (κ3) is 4.15. The van der Waals surface area contributed by atoms with Crippen LogP contribution in [0.1, 0.15) is 17.5 Å². The molecule has 0 amide bonds. The summed E-state index contributed by atoms with van der Waals surface area (Å²) in [4.78, 5) is 0. The SMILES string of the molecule is Cc1ccccc1-c1cc2c(c(OC3CCOC3)c1)OCCN(S(=O)(=O)c1cccs1)C2. The highest BCUT2D eigenvalue weighted by atomic mass is 32.2. The third-order valence-corrected chi connectivity index (χ3v) is 9.01. The van der Waals surface area contributed by atoms with Crippen LogP contribution in [-0.4, -0.2) is 45.2 Å². The van der Waals surface area contributed by atoms with Crippen LogP contribution in [0.3, 0.4) is 0 Å². The highest BCUT2D eigenvalue weighted by Crippen LogP contribution is 2.41. The molecule has 0 radical (unpaired) electrons. The summed E-state index contributed by atoms with van der Waals surface area (Å²) in [5.74, 6) is 1.27. The van der Waals surface area contributed by atoms with Crippen molar-refractivity contribution >= 4 is 21.4 Å². The number of nitrogens with zero attached hydrogens (tertiary/aromatic N) is 1. The van der Waals surface area contributed by atoms with Crippen molar-refractivity contribution in [3.05, 3.63) is 65.0 Å². The van der Waals surface area contributed by atoms with E-state index in [2.05, 4.69) is 19.1 Å². The van der Waals surface area contributed by atoms with E-state index in [1.54, 1.807) is 17.5 Å². The van der Waals surface area contributed by atoms with Crippen LogP contribution in [0.25, 0.3) is 11.1 Å². The molecule has 1 saturated heterocycles. The Morgan fingerprint density at radius 1 is 1.12 bits per heavy atom. The normalized spacial score (nSPS) is 19.2. The summed E-state index contributed by atoms with van der Waals surface area (Å²) in [7, 11) is -3.59. The fourth-order valence-corrected chi connectivity index (χ4v) is 6.67. The number of rotatable bonds is 5. The number of hydrogen-bond donors (Lipinski definition) is 0. The van der Waals surface area contributed by atoms with Gasteiger partial charge in [0.2, 0.25) is 0 Å². The van der Waals surface area contributed by atoms with Gasteiger partial charge in [-0.1, -0.05) is 30.3 Å². The van der Waals surface area contributed by atoms with E-state index in [-0.39, 0.29) is 25.8 Å². The maximum absolute atomic E-state index is 13.2. The van der Waals surface area contributed by atoms with E-state index in [1.165, 1.54) is 15.6 Å². The van der Waals surface area contributed by atoms with E-state index in [4.69, 9.17) is 14.2 Å². The van der Waals surface area contributed by atoms with Gasteiger partial charge in [-0.2, -0.15) is 4.31 Å². The lowest BCUT2D eigenvalue weighted by atomic mass is 9.98. The summed E-state index contributed by atoms with van der Waals surface area (Å²) in [5, 5.41) is 1.78. The summed E-state index contributed by atoms with van der Waals surface area (Å²) in [6.45, 7) is 4.06. The number of hydrogen-bond acceptors (Lipinski definition) is 6. The number of thiophene rings is 1. The fourth-order valence-electron chi connectivity index (χ4n) is 4.13. The predicted molar refractivity (Wildman–Crippen MR) is 124 cm³/mol. The minimum atomic E-state index is -3.59. The maximum Gasteiger partial charge on any atom is 0.252 e. The molecule has 0 aliphatic carbocycles. The Kier molecular flexibility index (Phi) is 5.94. The predicted octanol–water partition coefficient (Wildman–Crippen LogP) is 4.47. The van der Waals surface area contributed by atoms with E-state index in [0.29, 0.717) is 28.9 Å². The molecule has 0 N–H and O–H groups in total. The number of aryl methyl sites for hydroxylation is 1. The van der Waals surface area contributed by atoms with Gasteiger partial charge in [-0.15, -0.1) is 11.3 Å². The van der Waals surface area contributed by atoms with E-state index in [0.717, 1.165) is 28.7 Å². The van der Waals surface area contributed by atoms with Crippen molar-refractivity contribution in [2.45, 2.75) is 30.2 Å². The molecule has 0 spiro atoms. The van der Waals surface area contributed by atoms with Crippen molar-refractivity contribution in [3.63, 3.8) is 0 Å². The monoisotopic (exact) mass is 471 g/mol. The second-order valence-electron chi connectivity index (χ2n) is 8.00. The first-order chi connectivity index (χ1) is 15.5. The zero-order valence-corrected chi connectivity index (χ0v) is 19.5. The largest absolute Gasteiger partial charge is 0.488 e. The molecule has 0 saturated carbocycles. The molecule has 2 aliphatic heterocycles. The average Bonchev–Trinajstić information content (AvgIpc) is 3.45. The molecule has 6 nitrogen and oxygen atoms in total. The Bertz CT molecular complexity index is 1200. The number of fused-ring (bicyclic) bond motifs is 1. The highest BCUT2D eigenvalue weighted by Gasteiger charge is 2.31. The maximum atomic E-state index is 13.2. The van der Waals surface area contributed by atoms with E-state index in [9.17, 15) is 8.42 Å². The zero-order valence-electron chi connectivity index (χ0n) is 17.8. The third-order valence-electron chi connectivity index (χ3n) is 5.79. The highest BCUT2D eigenvalue weighted by molar-refractivity contribution is 7.91. The van der Waals surface area contributed by atoms with Crippen molar-refractivity contribution in [3.8, 4) is 22.6 Å². The summed E-state index contributed by atoms with van der Waals surface area (Å²) in [6, 6.07) is 15.6. The molecule has 1 aromatic heterocycles. The Morgan fingerprint density at radius 2 is 2.00 bits per heavy atom. The van der Waals surface area contributed by atoms with Gasteiger partial charge < -0.3 is 14.2 Å². The van der Waals surface area contributed by atoms with Crippen LogP contribution >= 0.6 is 11.3 Å². The molecule has 168 valence electrons. The smallest absolute Gasteiger partial charge is 0.252 e. The van der Waals surface area contributed by atoms with E-state index >= 15 is 0 Å². The van der Waals surface area contributed by atoms with Gasteiger partial charge in [-0.05, 0) is 47.2 Å². The Morgan fingerprint density at radius 3 is 2.75 bits per heavy atom. The number of sulfonamides is 1. The Balaban J connectivity index is 1.58. The molecular formula is C24H25NO5S2. The zero-order chi connectivity index (χ0) is 22.1. The molecule has 1 atom stereocenters. The molecule has 8 heteroatoms. The lowest BCUT2D eigenvalue weighted by Gasteiger charge is -2.20. The van der Waals surface area contributed by atoms with Gasteiger partial charge in [0.1, 0.15) is 16.9 Å². The van der Waals surface area contributed by atoms with Gasteiger partial charge in [0.25, 0.3) is 10.0 Å². The molecule has 1 fully saturated rings. The van der Waals surface area contributed by atoms with E-state index < -0.39 is 10.0 Å². The minimum absolute atomic E-state index is 0.0379. The standard InChI is InChI=1S/C24H25NO5S2/c1-17-5-2-3-6-21(17)18-13-19-15-25(32(26,27)23-7-4-12-31-23)9-11-29-24(19)22(14-18)30-20-8-10-28-16-20/h2-7,12-14,20H,8-11,15-16H2,1H3. The molecule has 0 bridgehead atoms.